The van der Waals surface area contributed by atoms with Gasteiger partial charge in [-0.3, -0.25) is 9.59 Å². The Morgan fingerprint density at radius 3 is 1.16 bits per heavy atom. The van der Waals surface area contributed by atoms with Crippen molar-refractivity contribution in [1.29, 1.82) is 0 Å². The van der Waals surface area contributed by atoms with Crippen LogP contribution in [-0.2, 0) is 9.59 Å². The van der Waals surface area contributed by atoms with Crippen LogP contribution in [0.25, 0.3) is 0 Å². The molecule has 0 aliphatic heterocycles. The van der Waals surface area contributed by atoms with Crippen molar-refractivity contribution in [3.63, 3.8) is 0 Å². The summed E-state index contributed by atoms with van der Waals surface area (Å²) in [5.41, 5.74) is 0. The monoisotopic (exact) mass is 268 g/mol. The van der Waals surface area contributed by atoms with E-state index in [1.807, 2.05) is 0 Å². The molecule has 0 radical (unpaired) electrons. The van der Waals surface area contributed by atoms with E-state index in [2.05, 4.69) is 13.8 Å². The van der Waals surface area contributed by atoms with E-state index in [9.17, 15) is 9.59 Å². The van der Waals surface area contributed by atoms with Crippen LogP contribution in [0.5, 0.6) is 0 Å². The van der Waals surface area contributed by atoms with Gasteiger partial charge in [0.25, 0.3) is 0 Å². The van der Waals surface area contributed by atoms with Gasteiger partial charge in [0.05, 0.1) is 0 Å². The molecule has 0 spiro atoms. The zero-order chi connectivity index (χ0) is 14.3. The Balaban J connectivity index is 3.29. The summed E-state index contributed by atoms with van der Waals surface area (Å²) >= 11 is 0. The molecule has 0 aromatic rings. The number of Topliss-reactive ketones (excluding diaryl/α,β-unsaturated/α-hetero) is 2. The van der Waals surface area contributed by atoms with E-state index in [0.29, 0.717) is 24.4 Å². The Morgan fingerprint density at radius 2 is 0.842 bits per heavy atom. The summed E-state index contributed by atoms with van der Waals surface area (Å²) < 4.78 is 0. The molecule has 0 unspecified atom stereocenters. The van der Waals surface area contributed by atoms with Gasteiger partial charge in [-0.15, -0.1) is 0 Å². The van der Waals surface area contributed by atoms with E-state index in [-0.39, 0.29) is 0 Å². The van der Waals surface area contributed by atoms with Crippen molar-refractivity contribution < 1.29 is 9.59 Å². The number of hydrogen-bond acceptors (Lipinski definition) is 2. The van der Waals surface area contributed by atoms with Gasteiger partial charge in [-0.05, 0) is 25.7 Å². The van der Waals surface area contributed by atoms with Gasteiger partial charge in [0, 0.05) is 25.7 Å². The molecule has 0 saturated heterocycles. The Morgan fingerprint density at radius 1 is 0.526 bits per heavy atom. The molecule has 19 heavy (non-hydrogen) atoms. The Kier molecular flexibility index (Phi) is 13.3. The molecule has 0 atom stereocenters. The third-order valence-electron chi connectivity index (χ3n) is 3.53. The number of rotatable bonds is 14. The second kappa shape index (κ2) is 13.8. The fourth-order valence-electron chi connectivity index (χ4n) is 2.22. The minimum Gasteiger partial charge on any atom is -0.300 e. The fourth-order valence-corrected chi connectivity index (χ4v) is 2.22. The zero-order valence-corrected chi connectivity index (χ0v) is 13.0. The maximum atomic E-state index is 11.5. The number of unbranched alkanes of at least 4 members (excludes halogenated alkanes) is 6. The van der Waals surface area contributed by atoms with E-state index in [1.165, 1.54) is 12.8 Å². The average molecular weight is 268 g/mol. The molecular weight excluding hydrogens is 236 g/mol. The second-order valence-electron chi connectivity index (χ2n) is 5.55. The average Bonchev–Trinajstić information content (AvgIpc) is 2.39. The van der Waals surface area contributed by atoms with E-state index < -0.39 is 0 Å². The largest absolute Gasteiger partial charge is 0.300 e. The summed E-state index contributed by atoms with van der Waals surface area (Å²) in [6.07, 6.45) is 12.7. The third-order valence-corrected chi connectivity index (χ3v) is 3.53. The van der Waals surface area contributed by atoms with Crippen LogP contribution in [0.15, 0.2) is 0 Å². The minimum absolute atomic E-state index is 0.405. The van der Waals surface area contributed by atoms with Gasteiger partial charge in [-0.1, -0.05) is 46.0 Å². The summed E-state index contributed by atoms with van der Waals surface area (Å²) in [4.78, 5) is 23.0. The zero-order valence-electron chi connectivity index (χ0n) is 13.0. The highest BCUT2D eigenvalue weighted by Gasteiger charge is 2.03. The quantitative estimate of drug-likeness (QED) is 0.404. The maximum absolute atomic E-state index is 11.5. The molecule has 0 aliphatic rings. The van der Waals surface area contributed by atoms with Crippen molar-refractivity contribution in [3.05, 3.63) is 0 Å². The van der Waals surface area contributed by atoms with Gasteiger partial charge in [0.2, 0.25) is 0 Å². The SMILES string of the molecule is CCCCCC(=O)CCCCCC(=O)CCCCC. The van der Waals surface area contributed by atoms with Crippen LogP contribution in [-0.4, -0.2) is 11.6 Å². The summed E-state index contributed by atoms with van der Waals surface area (Å²) in [7, 11) is 0. The first-order valence-electron chi connectivity index (χ1n) is 8.24. The number of hydrogen-bond donors (Lipinski definition) is 0. The number of carbonyl (C=O) groups excluding carboxylic acids is 2. The topological polar surface area (TPSA) is 34.1 Å². The summed E-state index contributed by atoms with van der Waals surface area (Å²) in [5.74, 6) is 0.811. The molecule has 0 amide bonds. The lowest BCUT2D eigenvalue weighted by atomic mass is 10.0. The first-order chi connectivity index (χ1) is 9.20. The number of ketones is 2. The second-order valence-corrected chi connectivity index (χ2v) is 5.55. The first-order valence-corrected chi connectivity index (χ1v) is 8.24. The molecule has 2 heteroatoms. The van der Waals surface area contributed by atoms with Crippen LogP contribution in [0.3, 0.4) is 0 Å². The van der Waals surface area contributed by atoms with Crippen LogP contribution in [0.1, 0.15) is 97.3 Å². The van der Waals surface area contributed by atoms with Crippen molar-refractivity contribution in [2.24, 2.45) is 0 Å². The minimum atomic E-state index is 0.405. The molecule has 0 rings (SSSR count). The van der Waals surface area contributed by atoms with Gasteiger partial charge in [-0.25, -0.2) is 0 Å². The normalized spacial score (nSPS) is 10.6. The lowest BCUT2D eigenvalue weighted by Crippen LogP contribution is -1.99. The van der Waals surface area contributed by atoms with E-state index in [4.69, 9.17) is 0 Å². The summed E-state index contributed by atoms with van der Waals surface area (Å²) in [6, 6.07) is 0. The molecule has 0 N–H and O–H groups in total. The maximum Gasteiger partial charge on any atom is 0.132 e. The van der Waals surface area contributed by atoms with Gasteiger partial charge >= 0.3 is 0 Å². The number of carbonyl (C=O) groups is 2. The molecular formula is C17H32O2. The van der Waals surface area contributed by atoms with Crippen molar-refractivity contribution in [3.8, 4) is 0 Å². The molecule has 0 aromatic heterocycles. The van der Waals surface area contributed by atoms with E-state index >= 15 is 0 Å². The lowest BCUT2D eigenvalue weighted by Gasteiger charge is -2.02. The smallest absolute Gasteiger partial charge is 0.132 e. The molecule has 0 aliphatic carbocycles. The predicted molar refractivity (Wildman–Crippen MR) is 81.4 cm³/mol. The summed E-state index contributed by atoms with van der Waals surface area (Å²) in [6.45, 7) is 4.31. The predicted octanol–water partition coefficient (Wildman–Crippen LogP) is 5.24. The standard InChI is InChI=1S/C17H32O2/c1-3-5-8-12-16(18)14-10-7-11-15-17(19)13-9-6-4-2/h3-15H2,1-2H3. The highest BCUT2D eigenvalue weighted by Crippen LogP contribution is 2.10. The molecule has 2 nitrogen and oxygen atoms in total. The highest BCUT2D eigenvalue weighted by molar-refractivity contribution is 5.78. The van der Waals surface area contributed by atoms with Gasteiger partial charge < -0.3 is 0 Å². The van der Waals surface area contributed by atoms with Crippen LogP contribution in [0, 0.1) is 0 Å². The molecule has 0 heterocycles. The van der Waals surface area contributed by atoms with Crippen LogP contribution < -0.4 is 0 Å². The summed E-state index contributed by atoms with van der Waals surface area (Å²) in [5, 5.41) is 0. The molecule has 0 aromatic carbocycles. The van der Waals surface area contributed by atoms with Crippen molar-refractivity contribution in [2.75, 3.05) is 0 Å². The Bertz CT molecular complexity index is 209. The van der Waals surface area contributed by atoms with Gasteiger partial charge in [0.15, 0.2) is 0 Å². The Hall–Kier alpha value is -0.660. The Labute approximate surface area is 119 Å². The van der Waals surface area contributed by atoms with Crippen molar-refractivity contribution in [2.45, 2.75) is 97.3 Å². The lowest BCUT2D eigenvalue weighted by molar-refractivity contribution is -0.119. The highest BCUT2D eigenvalue weighted by atomic mass is 16.1. The van der Waals surface area contributed by atoms with Gasteiger partial charge in [-0.2, -0.15) is 0 Å². The van der Waals surface area contributed by atoms with Crippen molar-refractivity contribution in [1.82, 2.24) is 0 Å². The fraction of sp³-hybridized carbons (Fsp3) is 0.882. The third kappa shape index (κ3) is 13.6. The molecule has 112 valence electrons. The van der Waals surface area contributed by atoms with Crippen LogP contribution in [0.2, 0.25) is 0 Å². The van der Waals surface area contributed by atoms with Crippen LogP contribution >= 0.6 is 0 Å². The molecule has 0 fully saturated rings. The van der Waals surface area contributed by atoms with Crippen LogP contribution in [0.4, 0.5) is 0 Å². The van der Waals surface area contributed by atoms with Crippen molar-refractivity contribution >= 4 is 11.6 Å². The molecule has 0 saturated carbocycles. The van der Waals surface area contributed by atoms with Gasteiger partial charge in [0.1, 0.15) is 11.6 Å². The van der Waals surface area contributed by atoms with E-state index in [1.54, 1.807) is 0 Å². The molecule has 0 bridgehead atoms. The van der Waals surface area contributed by atoms with E-state index in [0.717, 1.165) is 57.8 Å². The first kappa shape index (κ1) is 18.3.